The van der Waals surface area contributed by atoms with Gasteiger partial charge in [-0.15, -0.1) is 6.58 Å². The lowest BCUT2D eigenvalue weighted by Gasteiger charge is -2.25. The largest absolute Gasteiger partial charge is 0.512 e. The molecule has 2 bridgehead atoms. The van der Waals surface area contributed by atoms with Gasteiger partial charge < -0.3 is 15.3 Å². The second-order valence-electron chi connectivity index (χ2n) is 10.2. The topological polar surface area (TPSA) is 76.5 Å². The Morgan fingerprint density at radius 3 is 2.92 bits per heavy atom. The number of allylic oxidation sites excluding steroid dienone is 5. The van der Waals surface area contributed by atoms with Gasteiger partial charge in [-0.2, -0.15) is 5.10 Å². The van der Waals surface area contributed by atoms with E-state index in [-0.39, 0.29) is 0 Å². The van der Waals surface area contributed by atoms with Crippen molar-refractivity contribution in [1.29, 1.82) is 0 Å². The number of aromatic nitrogens is 2. The zero-order valence-electron chi connectivity index (χ0n) is 22.5. The van der Waals surface area contributed by atoms with Gasteiger partial charge in [0.1, 0.15) is 0 Å². The first-order chi connectivity index (χ1) is 17.5. The predicted octanol–water partition coefficient (Wildman–Crippen LogP) is 6.82. The highest BCUT2D eigenvalue weighted by Crippen LogP contribution is 2.40. The minimum Gasteiger partial charge on any atom is -0.512 e. The Hall–Kier alpha value is -2.86. The van der Waals surface area contributed by atoms with Gasteiger partial charge in [0.05, 0.1) is 18.0 Å². The number of hydrogen-bond acceptors (Lipinski definition) is 5. The van der Waals surface area contributed by atoms with Crippen LogP contribution in [0.3, 0.4) is 0 Å². The third-order valence-corrected chi connectivity index (χ3v) is 7.03. The van der Waals surface area contributed by atoms with Crippen LogP contribution in [0.15, 0.2) is 59.4 Å². The Kier molecular flexibility index (Phi) is 11.3. The molecule has 2 aliphatic rings. The van der Waals surface area contributed by atoms with Crippen LogP contribution < -0.4 is 5.32 Å². The number of aromatic amines is 1. The van der Waals surface area contributed by atoms with E-state index in [0.29, 0.717) is 30.6 Å². The quantitative estimate of drug-likeness (QED) is 0.145. The fourth-order valence-electron chi connectivity index (χ4n) is 5.02. The number of aliphatic hydroxyl groups is 1. The fourth-order valence-corrected chi connectivity index (χ4v) is 5.02. The van der Waals surface area contributed by atoms with Crippen LogP contribution in [0, 0.1) is 5.92 Å². The minimum absolute atomic E-state index is 0.317. The van der Waals surface area contributed by atoms with Gasteiger partial charge >= 0.3 is 0 Å². The van der Waals surface area contributed by atoms with Crippen molar-refractivity contribution in [3.8, 4) is 0 Å². The van der Waals surface area contributed by atoms with Crippen molar-refractivity contribution in [3.05, 3.63) is 65.6 Å². The normalized spacial score (nSPS) is 22.7. The van der Waals surface area contributed by atoms with Crippen molar-refractivity contribution >= 4 is 17.6 Å². The summed E-state index contributed by atoms with van der Waals surface area (Å²) in [5.74, 6) is 2.22. The number of aliphatic imine (C=N–C) groups is 1. The number of nitrogens with zero attached hydrogens (tertiary/aromatic N) is 3. The Morgan fingerprint density at radius 1 is 1.28 bits per heavy atom. The van der Waals surface area contributed by atoms with Crippen LogP contribution in [0.4, 0.5) is 5.82 Å². The number of hydrogen-bond donors (Lipinski definition) is 3. The predicted molar refractivity (Wildman–Crippen MR) is 154 cm³/mol. The van der Waals surface area contributed by atoms with E-state index in [1.165, 1.54) is 30.4 Å². The summed E-state index contributed by atoms with van der Waals surface area (Å²) >= 11 is 0. The standard InChI is InChI=1S/C30H45N5O/c1-5-12-26(36)16-10-15-25-14-9-7-8-13-24(6-2)27-21-23(22-32-25)17-18-28-29(27)30(34-33-28)31-19-11-20-35(3)4/h5,10,15-18,21,24,27,36H,1,6-9,11-14,19-20,22H2,2-4H3,(H2,31,33,34)/b15-10+,26-16+,32-25+. The van der Waals surface area contributed by atoms with E-state index in [9.17, 15) is 5.11 Å². The number of aliphatic hydroxyl groups excluding tert-OH is 1. The Morgan fingerprint density at radius 2 is 2.14 bits per heavy atom. The highest BCUT2D eigenvalue weighted by Gasteiger charge is 2.28. The van der Waals surface area contributed by atoms with Crippen molar-refractivity contribution < 1.29 is 5.11 Å². The maximum absolute atomic E-state index is 9.87. The molecule has 196 valence electrons. The third-order valence-electron chi connectivity index (χ3n) is 7.03. The van der Waals surface area contributed by atoms with Crippen molar-refractivity contribution in [2.45, 2.75) is 64.2 Å². The van der Waals surface area contributed by atoms with Crippen LogP contribution in [0.1, 0.15) is 75.5 Å². The summed E-state index contributed by atoms with van der Waals surface area (Å²) in [6.07, 6.45) is 22.7. The lowest BCUT2D eigenvalue weighted by molar-refractivity contribution is 0.401. The molecule has 2 unspecified atom stereocenters. The summed E-state index contributed by atoms with van der Waals surface area (Å²) < 4.78 is 0. The molecule has 0 saturated heterocycles. The van der Waals surface area contributed by atoms with Crippen molar-refractivity contribution in [3.63, 3.8) is 0 Å². The molecule has 1 aliphatic heterocycles. The summed E-state index contributed by atoms with van der Waals surface area (Å²) in [4.78, 5) is 7.21. The number of nitrogens with one attached hydrogen (secondary N) is 2. The van der Waals surface area contributed by atoms with Crippen LogP contribution in [0.25, 0.3) is 6.08 Å². The van der Waals surface area contributed by atoms with Gasteiger partial charge in [0.25, 0.3) is 0 Å². The smallest absolute Gasteiger partial charge is 0.152 e. The average molecular weight is 492 g/mol. The number of rotatable bonds is 10. The maximum atomic E-state index is 9.87. The molecule has 0 aromatic carbocycles. The lowest BCUT2D eigenvalue weighted by Crippen LogP contribution is -2.18. The lowest BCUT2D eigenvalue weighted by atomic mass is 9.80. The average Bonchev–Trinajstić information content (AvgIpc) is 3.15. The van der Waals surface area contributed by atoms with Crippen LogP contribution >= 0.6 is 0 Å². The fraction of sp³-hybridized carbons (Fsp3) is 0.533. The number of H-pyrrole nitrogens is 1. The minimum atomic E-state index is 0.317. The van der Waals surface area contributed by atoms with Gasteiger partial charge in [-0.1, -0.05) is 50.5 Å². The number of fused-ring (bicyclic) bond motifs is 3. The maximum Gasteiger partial charge on any atom is 0.152 e. The number of anilines is 1. The molecule has 3 rings (SSSR count). The first kappa shape index (κ1) is 27.7. The molecular weight excluding hydrogens is 446 g/mol. The van der Waals surface area contributed by atoms with Gasteiger partial charge in [0, 0.05) is 30.2 Å². The zero-order valence-corrected chi connectivity index (χ0v) is 22.5. The van der Waals surface area contributed by atoms with E-state index in [4.69, 9.17) is 4.99 Å². The van der Waals surface area contributed by atoms with Gasteiger partial charge in [-0.25, -0.2) is 0 Å². The van der Waals surface area contributed by atoms with Crippen LogP contribution in [0.2, 0.25) is 0 Å². The van der Waals surface area contributed by atoms with Crippen LogP contribution in [-0.2, 0) is 0 Å². The summed E-state index contributed by atoms with van der Waals surface area (Å²) in [7, 11) is 4.23. The monoisotopic (exact) mass is 491 g/mol. The molecule has 6 heteroatoms. The molecular formula is C30H45N5O. The highest BCUT2D eigenvalue weighted by atomic mass is 16.3. The van der Waals surface area contributed by atoms with Crippen molar-refractivity contribution in [1.82, 2.24) is 15.1 Å². The third kappa shape index (κ3) is 8.37. The summed E-state index contributed by atoms with van der Waals surface area (Å²) in [5.41, 5.74) is 4.76. The molecule has 1 aromatic rings. The Labute approximate surface area is 217 Å². The zero-order chi connectivity index (χ0) is 25.8. The van der Waals surface area contributed by atoms with Gasteiger partial charge in [0.15, 0.2) is 5.82 Å². The van der Waals surface area contributed by atoms with E-state index in [0.717, 1.165) is 56.0 Å². The second kappa shape index (κ2) is 14.6. The molecule has 2 atom stereocenters. The molecule has 36 heavy (non-hydrogen) atoms. The molecule has 2 heterocycles. The van der Waals surface area contributed by atoms with E-state index in [2.05, 4.69) is 66.2 Å². The molecule has 0 amide bonds. The molecule has 1 aliphatic carbocycles. The van der Waals surface area contributed by atoms with E-state index >= 15 is 0 Å². The molecule has 3 N–H and O–H groups in total. The van der Waals surface area contributed by atoms with Crippen molar-refractivity contribution in [2.75, 3.05) is 39.0 Å². The molecule has 6 nitrogen and oxygen atoms in total. The summed E-state index contributed by atoms with van der Waals surface area (Å²) in [5, 5.41) is 21.5. The van der Waals surface area contributed by atoms with Gasteiger partial charge in [-0.3, -0.25) is 10.1 Å². The summed E-state index contributed by atoms with van der Waals surface area (Å²) in [6.45, 7) is 8.63. The Balaban J connectivity index is 1.86. The molecule has 0 spiro atoms. The molecule has 1 aromatic heterocycles. The van der Waals surface area contributed by atoms with Crippen LogP contribution in [0.5, 0.6) is 0 Å². The van der Waals surface area contributed by atoms with Crippen molar-refractivity contribution in [2.24, 2.45) is 10.9 Å². The van der Waals surface area contributed by atoms with E-state index in [1.54, 1.807) is 12.2 Å². The molecule has 0 fully saturated rings. The van der Waals surface area contributed by atoms with Gasteiger partial charge in [-0.05, 0) is 76.0 Å². The molecule has 0 saturated carbocycles. The highest BCUT2D eigenvalue weighted by molar-refractivity contribution is 5.95. The molecule has 0 radical (unpaired) electrons. The SMILES string of the molecule is C=CC\C(O)=C/C=C/C1=N/CC2=CC(c3c(NCCCN(C)C)n[nH]c3C=C2)C(CC)CCCCC1. The van der Waals surface area contributed by atoms with E-state index in [1.807, 2.05) is 12.2 Å². The van der Waals surface area contributed by atoms with E-state index < -0.39 is 0 Å². The first-order valence-electron chi connectivity index (χ1n) is 13.6. The first-order valence-corrected chi connectivity index (χ1v) is 13.6. The summed E-state index contributed by atoms with van der Waals surface area (Å²) in [6, 6.07) is 0. The van der Waals surface area contributed by atoms with Gasteiger partial charge in [0.2, 0.25) is 0 Å². The Bertz CT molecular complexity index is 995. The second-order valence-corrected chi connectivity index (χ2v) is 10.2. The van der Waals surface area contributed by atoms with Crippen LogP contribution in [-0.4, -0.2) is 59.6 Å².